The summed E-state index contributed by atoms with van der Waals surface area (Å²) in [6, 6.07) is 3.74. The topological polar surface area (TPSA) is 85.0 Å². The van der Waals surface area contributed by atoms with E-state index in [1.165, 1.54) is 6.07 Å². The van der Waals surface area contributed by atoms with Gasteiger partial charge in [0, 0.05) is 67.0 Å². The van der Waals surface area contributed by atoms with Crippen LogP contribution < -0.4 is 25.9 Å². The molecular formula is C28H31F4N7O2. The lowest BCUT2D eigenvalue weighted by Gasteiger charge is -2.34. The summed E-state index contributed by atoms with van der Waals surface area (Å²) in [5.74, 6) is -1.30. The number of hydrazine groups is 2. The standard InChI is InChI=1S/C28H31F4N7O2/c1-17-4-5-18(11-24(17)39-16-23(35-36-39)19-10-21(41-3)15-33-14-19)27(40)34-20-12-22(28(30,31)32)26(29)25(13-20)38-8-6-37(2)7-9-38/h5,10-17,35-36H,4,6-9H2,1-3H3,(H,34,40). The fraction of sp³-hybridized carbons (Fsp3) is 0.357. The molecule has 0 spiro atoms. The number of carbonyl (C=O) groups excluding carboxylic acids is 1. The summed E-state index contributed by atoms with van der Waals surface area (Å²) in [5.41, 5.74) is 6.97. The molecule has 13 heteroatoms. The molecule has 9 nitrogen and oxygen atoms in total. The molecule has 3 N–H and O–H groups in total. The van der Waals surface area contributed by atoms with Gasteiger partial charge in [-0.15, -0.1) is 5.53 Å². The van der Waals surface area contributed by atoms with E-state index in [-0.39, 0.29) is 22.9 Å². The first-order chi connectivity index (χ1) is 19.5. The number of alkyl halides is 3. The van der Waals surface area contributed by atoms with Crippen molar-refractivity contribution in [2.75, 3.05) is 50.6 Å². The molecule has 1 fully saturated rings. The number of anilines is 2. The number of nitrogens with zero attached hydrogens (tertiary/aromatic N) is 4. The van der Waals surface area contributed by atoms with Gasteiger partial charge in [-0.05, 0) is 37.7 Å². The molecule has 1 atom stereocenters. The van der Waals surface area contributed by atoms with E-state index in [1.807, 2.05) is 31.1 Å². The minimum absolute atomic E-state index is 0.0337. The van der Waals surface area contributed by atoms with Gasteiger partial charge in [0.05, 0.1) is 30.3 Å². The number of piperazine rings is 1. The molecule has 3 heterocycles. The SMILES string of the molecule is COc1cncc(C2=CN(C3=CC(C(=O)Nc4cc(N5CCN(C)CC5)c(F)c(C(F)(F)F)c4)=CCC3C)NN2)c1. The van der Waals surface area contributed by atoms with Crippen LogP contribution in [0.15, 0.2) is 60.2 Å². The number of hydrogen-bond acceptors (Lipinski definition) is 8. The number of hydrogen-bond donors (Lipinski definition) is 3. The van der Waals surface area contributed by atoms with Gasteiger partial charge in [0.15, 0.2) is 5.82 Å². The van der Waals surface area contributed by atoms with Crippen molar-refractivity contribution >= 4 is 23.0 Å². The molecule has 5 rings (SSSR count). The molecule has 1 amide bonds. The molecule has 1 unspecified atom stereocenters. The summed E-state index contributed by atoms with van der Waals surface area (Å²) in [6.45, 7) is 3.90. The summed E-state index contributed by atoms with van der Waals surface area (Å²) in [5, 5.41) is 4.31. The number of allylic oxidation sites excluding steroid dienone is 2. The van der Waals surface area contributed by atoms with Crippen LogP contribution in [0.25, 0.3) is 5.70 Å². The van der Waals surface area contributed by atoms with E-state index >= 15 is 4.39 Å². The third-order valence-electron chi connectivity index (χ3n) is 7.33. The Bertz CT molecular complexity index is 1410. The first kappa shape index (κ1) is 28.4. The smallest absolute Gasteiger partial charge is 0.419 e. The van der Waals surface area contributed by atoms with Crippen LogP contribution in [-0.2, 0) is 11.0 Å². The van der Waals surface area contributed by atoms with Crippen LogP contribution in [0, 0.1) is 11.7 Å². The van der Waals surface area contributed by atoms with Crippen molar-refractivity contribution in [1.29, 1.82) is 0 Å². The van der Waals surface area contributed by atoms with Crippen LogP contribution in [-0.4, -0.2) is 61.1 Å². The minimum atomic E-state index is -4.92. The van der Waals surface area contributed by atoms with Gasteiger partial charge in [-0.2, -0.15) is 13.2 Å². The van der Waals surface area contributed by atoms with Gasteiger partial charge in [-0.1, -0.05) is 13.0 Å². The number of likely N-dealkylation sites (N-methyl/N-ethyl adjacent to an activating group) is 1. The maximum Gasteiger partial charge on any atom is 0.419 e. The van der Waals surface area contributed by atoms with Crippen molar-refractivity contribution < 1.29 is 27.1 Å². The average molecular weight is 574 g/mol. The zero-order valence-electron chi connectivity index (χ0n) is 22.8. The van der Waals surface area contributed by atoms with Crippen LogP contribution in [0.1, 0.15) is 24.5 Å². The average Bonchev–Trinajstić information content (AvgIpc) is 3.44. The molecule has 1 aromatic heterocycles. The number of benzene rings is 1. The molecule has 218 valence electrons. The summed E-state index contributed by atoms with van der Waals surface area (Å²) in [7, 11) is 3.45. The molecule has 0 radical (unpaired) electrons. The van der Waals surface area contributed by atoms with Crippen molar-refractivity contribution in [3.05, 3.63) is 77.2 Å². The fourth-order valence-corrected chi connectivity index (χ4v) is 4.90. The van der Waals surface area contributed by atoms with Gasteiger partial charge in [0.2, 0.25) is 0 Å². The second-order valence-corrected chi connectivity index (χ2v) is 10.2. The van der Waals surface area contributed by atoms with Crippen molar-refractivity contribution in [3.8, 4) is 5.75 Å². The normalized spacial score (nSPS) is 19.8. The highest BCUT2D eigenvalue weighted by Crippen LogP contribution is 2.38. The monoisotopic (exact) mass is 573 g/mol. The predicted molar refractivity (Wildman–Crippen MR) is 147 cm³/mol. The summed E-state index contributed by atoms with van der Waals surface area (Å²) in [4.78, 5) is 21.0. The number of halogens is 4. The highest BCUT2D eigenvalue weighted by atomic mass is 19.4. The van der Waals surface area contributed by atoms with Gasteiger partial charge in [-0.25, -0.2) is 4.39 Å². The highest BCUT2D eigenvalue weighted by Gasteiger charge is 2.37. The number of methoxy groups -OCH3 is 1. The van der Waals surface area contributed by atoms with Crippen LogP contribution >= 0.6 is 0 Å². The van der Waals surface area contributed by atoms with Crippen molar-refractivity contribution in [2.24, 2.45) is 5.92 Å². The number of pyridine rings is 1. The lowest BCUT2D eigenvalue weighted by atomic mass is 9.94. The zero-order chi connectivity index (χ0) is 29.3. The number of rotatable bonds is 6. The largest absolute Gasteiger partial charge is 0.495 e. The van der Waals surface area contributed by atoms with Crippen LogP contribution in [0.2, 0.25) is 0 Å². The Hall–Kier alpha value is -4.10. The minimum Gasteiger partial charge on any atom is -0.495 e. The maximum absolute atomic E-state index is 15.0. The second kappa shape index (κ2) is 11.4. The van der Waals surface area contributed by atoms with Gasteiger partial charge in [0.25, 0.3) is 5.91 Å². The Morgan fingerprint density at radius 3 is 2.61 bits per heavy atom. The third-order valence-corrected chi connectivity index (χ3v) is 7.33. The van der Waals surface area contributed by atoms with Crippen LogP contribution in [0.5, 0.6) is 5.75 Å². The molecular weight excluding hydrogens is 542 g/mol. The zero-order valence-corrected chi connectivity index (χ0v) is 22.8. The van der Waals surface area contributed by atoms with E-state index < -0.39 is 23.5 Å². The van der Waals surface area contributed by atoms with E-state index in [9.17, 15) is 18.0 Å². The van der Waals surface area contributed by atoms with E-state index in [1.54, 1.807) is 41.6 Å². The summed E-state index contributed by atoms with van der Waals surface area (Å²) in [6.07, 6.45) is 4.11. The Morgan fingerprint density at radius 1 is 1.15 bits per heavy atom. The van der Waals surface area contributed by atoms with E-state index in [0.717, 1.165) is 17.0 Å². The van der Waals surface area contributed by atoms with Gasteiger partial charge in [0.1, 0.15) is 5.75 Å². The van der Waals surface area contributed by atoms with E-state index in [0.29, 0.717) is 44.4 Å². The lowest BCUT2D eigenvalue weighted by Crippen LogP contribution is -2.45. The molecule has 1 saturated heterocycles. The maximum atomic E-state index is 15.0. The number of ether oxygens (including phenoxy) is 1. The molecule has 41 heavy (non-hydrogen) atoms. The van der Waals surface area contributed by atoms with Gasteiger partial charge in [-0.3, -0.25) is 14.8 Å². The van der Waals surface area contributed by atoms with E-state index in [2.05, 4.69) is 21.3 Å². The molecule has 2 aliphatic heterocycles. The van der Waals surface area contributed by atoms with Gasteiger partial charge >= 0.3 is 6.18 Å². The predicted octanol–water partition coefficient (Wildman–Crippen LogP) is 4.11. The number of nitrogens with one attached hydrogen (secondary N) is 3. The van der Waals surface area contributed by atoms with Crippen molar-refractivity contribution in [1.82, 2.24) is 25.9 Å². The Morgan fingerprint density at radius 2 is 1.90 bits per heavy atom. The van der Waals surface area contributed by atoms with Crippen LogP contribution in [0.4, 0.5) is 28.9 Å². The Balaban J connectivity index is 1.38. The number of carbonyl (C=O) groups is 1. The lowest BCUT2D eigenvalue weighted by molar-refractivity contribution is -0.139. The first-order valence-corrected chi connectivity index (χ1v) is 13.1. The molecule has 1 aliphatic carbocycles. The second-order valence-electron chi connectivity index (χ2n) is 10.2. The molecule has 2 aromatic rings. The molecule has 0 saturated carbocycles. The number of amides is 1. The van der Waals surface area contributed by atoms with Crippen molar-refractivity contribution in [3.63, 3.8) is 0 Å². The molecule has 3 aliphatic rings. The molecule has 0 bridgehead atoms. The van der Waals surface area contributed by atoms with Crippen LogP contribution in [0.3, 0.4) is 0 Å². The Labute approximate surface area is 235 Å². The van der Waals surface area contributed by atoms with E-state index in [4.69, 9.17) is 4.74 Å². The fourth-order valence-electron chi connectivity index (χ4n) is 4.90. The Kier molecular flexibility index (Phi) is 7.91. The number of aromatic nitrogens is 1. The quantitative estimate of drug-likeness (QED) is 0.446. The summed E-state index contributed by atoms with van der Waals surface area (Å²) < 4.78 is 61.6. The first-order valence-electron chi connectivity index (χ1n) is 13.1. The molecule has 1 aromatic carbocycles. The third kappa shape index (κ3) is 6.15. The van der Waals surface area contributed by atoms with Crippen molar-refractivity contribution in [2.45, 2.75) is 19.5 Å². The highest BCUT2D eigenvalue weighted by molar-refractivity contribution is 6.06. The summed E-state index contributed by atoms with van der Waals surface area (Å²) >= 11 is 0. The van der Waals surface area contributed by atoms with Gasteiger partial charge < -0.3 is 25.3 Å².